The van der Waals surface area contributed by atoms with E-state index in [-0.39, 0.29) is 0 Å². The molecule has 0 atom stereocenters. The molecule has 0 N–H and O–H groups in total. The standard InChI is InChI=1S/C16H15NO2/c1-18-15-10-12-8-9-17(13-6-4-3-5-7-13)14(12)11-16(15)19-2/h3-11H,1-2H3. The number of benzene rings is 2. The first kappa shape index (κ1) is 11.7. The van der Waals surface area contributed by atoms with Crippen molar-refractivity contribution in [1.82, 2.24) is 4.57 Å². The van der Waals surface area contributed by atoms with Crippen molar-refractivity contribution in [1.29, 1.82) is 0 Å². The van der Waals surface area contributed by atoms with Gasteiger partial charge in [0.2, 0.25) is 0 Å². The third kappa shape index (κ3) is 1.93. The van der Waals surface area contributed by atoms with Crippen LogP contribution in [-0.4, -0.2) is 18.8 Å². The Morgan fingerprint density at radius 1 is 0.842 bits per heavy atom. The number of rotatable bonds is 3. The number of fused-ring (bicyclic) bond motifs is 1. The number of nitrogens with zero attached hydrogens (tertiary/aromatic N) is 1. The average molecular weight is 253 g/mol. The van der Waals surface area contributed by atoms with E-state index in [0.717, 1.165) is 28.1 Å². The lowest BCUT2D eigenvalue weighted by molar-refractivity contribution is 0.356. The monoisotopic (exact) mass is 253 g/mol. The number of aromatic nitrogens is 1. The molecule has 19 heavy (non-hydrogen) atoms. The van der Waals surface area contributed by atoms with Crippen LogP contribution in [0.15, 0.2) is 54.7 Å². The largest absolute Gasteiger partial charge is 0.493 e. The number of para-hydroxylation sites is 1. The SMILES string of the molecule is COc1cc2ccn(-c3ccccc3)c2cc1OC. The number of methoxy groups -OCH3 is 2. The predicted octanol–water partition coefficient (Wildman–Crippen LogP) is 3.65. The number of hydrogen-bond donors (Lipinski definition) is 0. The van der Waals surface area contributed by atoms with Gasteiger partial charge in [0.1, 0.15) is 0 Å². The minimum Gasteiger partial charge on any atom is -0.493 e. The molecule has 2 aromatic carbocycles. The quantitative estimate of drug-likeness (QED) is 0.711. The zero-order valence-corrected chi connectivity index (χ0v) is 11.0. The molecule has 3 aromatic rings. The van der Waals surface area contributed by atoms with E-state index in [1.165, 1.54) is 0 Å². The highest BCUT2D eigenvalue weighted by Gasteiger charge is 2.09. The van der Waals surface area contributed by atoms with E-state index in [1.54, 1.807) is 14.2 Å². The third-order valence-electron chi connectivity index (χ3n) is 3.23. The van der Waals surface area contributed by atoms with E-state index in [2.05, 4.69) is 29.0 Å². The molecule has 0 fully saturated rings. The van der Waals surface area contributed by atoms with Gasteiger partial charge in [0.05, 0.1) is 19.7 Å². The fourth-order valence-corrected chi connectivity index (χ4v) is 2.27. The van der Waals surface area contributed by atoms with Crippen LogP contribution in [0.1, 0.15) is 0 Å². The maximum absolute atomic E-state index is 5.37. The van der Waals surface area contributed by atoms with Gasteiger partial charge in [0, 0.05) is 23.3 Å². The highest BCUT2D eigenvalue weighted by atomic mass is 16.5. The summed E-state index contributed by atoms with van der Waals surface area (Å²) in [6, 6.07) is 16.3. The van der Waals surface area contributed by atoms with Crippen molar-refractivity contribution in [2.45, 2.75) is 0 Å². The van der Waals surface area contributed by atoms with Crippen LogP contribution < -0.4 is 9.47 Å². The summed E-state index contributed by atoms with van der Waals surface area (Å²) in [4.78, 5) is 0. The Balaban J connectivity index is 2.23. The maximum atomic E-state index is 5.37. The van der Waals surface area contributed by atoms with Crippen molar-refractivity contribution >= 4 is 10.9 Å². The Morgan fingerprint density at radius 3 is 2.21 bits per heavy atom. The summed E-state index contributed by atoms with van der Waals surface area (Å²) in [7, 11) is 3.30. The molecule has 0 saturated heterocycles. The molecule has 3 nitrogen and oxygen atoms in total. The van der Waals surface area contributed by atoms with Gasteiger partial charge in [-0.25, -0.2) is 0 Å². The van der Waals surface area contributed by atoms with Crippen LogP contribution in [0.25, 0.3) is 16.6 Å². The van der Waals surface area contributed by atoms with Gasteiger partial charge >= 0.3 is 0 Å². The molecule has 0 amide bonds. The normalized spacial score (nSPS) is 10.6. The second-order valence-electron chi connectivity index (χ2n) is 4.29. The lowest BCUT2D eigenvalue weighted by Crippen LogP contribution is -1.94. The molecule has 1 heterocycles. The smallest absolute Gasteiger partial charge is 0.162 e. The molecule has 3 heteroatoms. The summed E-state index contributed by atoms with van der Waals surface area (Å²) >= 11 is 0. The van der Waals surface area contributed by atoms with Crippen LogP contribution in [0.3, 0.4) is 0 Å². The molecule has 0 spiro atoms. The van der Waals surface area contributed by atoms with Crippen molar-refractivity contribution in [3.8, 4) is 17.2 Å². The first-order valence-corrected chi connectivity index (χ1v) is 6.12. The number of ether oxygens (including phenoxy) is 2. The van der Waals surface area contributed by atoms with Crippen molar-refractivity contribution in [3.63, 3.8) is 0 Å². The third-order valence-corrected chi connectivity index (χ3v) is 3.23. The highest BCUT2D eigenvalue weighted by Crippen LogP contribution is 2.33. The van der Waals surface area contributed by atoms with E-state index in [0.29, 0.717) is 0 Å². The highest BCUT2D eigenvalue weighted by molar-refractivity contribution is 5.85. The van der Waals surface area contributed by atoms with Gasteiger partial charge < -0.3 is 14.0 Å². The summed E-state index contributed by atoms with van der Waals surface area (Å²) in [5, 5.41) is 1.13. The van der Waals surface area contributed by atoms with Crippen LogP contribution in [0.2, 0.25) is 0 Å². The lowest BCUT2D eigenvalue weighted by Gasteiger charge is -2.10. The molecule has 96 valence electrons. The van der Waals surface area contributed by atoms with Crippen LogP contribution in [0.4, 0.5) is 0 Å². The number of hydrogen-bond acceptors (Lipinski definition) is 2. The van der Waals surface area contributed by atoms with Gasteiger partial charge in [0.15, 0.2) is 11.5 Å². The zero-order valence-electron chi connectivity index (χ0n) is 11.0. The fourth-order valence-electron chi connectivity index (χ4n) is 2.27. The minimum atomic E-state index is 0.742. The van der Waals surface area contributed by atoms with E-state index >= 15 is 0 Å². The molecule has 3 rings (SSSR count). The second-order valence-corrected chi connectivity index (χ2v) is 4.29. The Labute approximate surface area is 112 Å². The molecule has 0 aliphatic carbocycles. The van der Waals surface area contributed by atoms with Crippen molar-refractivity contribution in [2.75, 3.05) is 14.2 Å². The van der Waals surface area contributed by atoms with Gasteiger partial charge in [0.25, 0.3) is 0 Å². The summed E-state index contributed by atoms with van der Waals surface area (Å²) in [5.41, 5.74) is 2.23. The molecule has 0 saturated carbocycles. The Hall–Kier alpha value is -2.42. The molecule has 0 bridgehead atoms. The maximum Gasteiger partial charge on any atom is 0.162 e. The van der Waals surface area contributed by atoms with Crippen LogP contribution in [-0.2, 0) is 0 Å². The first-order chi connectivity index (χ1) is 9.33. The summed E-state index contributed by atoms with van der Waals surface area (Å²) in [6.45, 7) is 0. The Bertz CT molecular complexity index is 701. The second kappa shape index (κ2) is 4.69. The Morgan fingerprint density at radius 2 is 1.53 bits per heavy atom. The van der Waals surface area contributed by atoms with Crippen LogP contribution in [0.5, 0.6) is 11.5 Å². The van der Waals surface area contributed by atoms with Gasteiger partial charge in [-0.05, 0) is 24.3 Å². The Kier molecular flexibility index (Phi) is 2.88. The van der Waals surface area contributed by atoms with Crippen molar-refractivity contribution < 1.29 is 9.47 Å². The zero-order chi connectivity index (χ0) is 13.2. The first-order valence-electron chi connectivity index (χ1n) is 6.12. The minimum absolute atomic E-state index is 0.742. The van der Waals surface area contributed by atoms with Crippen LogP contribution >= 0.6 is 0 Å². The van der Waals surface area contributed by atoms with Gasteiger partial charge in [-0.3, -0.25) is 0 Å². The van der Waals surface area contributed by atoms with Crippen molar-refractivity contribution in [2.24, 2.45) is 0 Å². The van der Waals surface area contributed by atoms with Crippen molar-refractivity contribution in [3.05, 3.63) is 54.7 Å². The molecular formula is C16H15NO2. The molecule has 0 unspecified atom stereocenters. The average Bonchev–Trinajstić information content (AvgIpc) is 2.89. The van der Waals surface area contributed by atoms with Gasteiger partial charge in [-0.2, -0.15) is 0 Å². The molecule has 0 aliphatic rings. The van der Waals surface area contributed by atoms with Gasteiger partial charge in [-0.15, -0.1) is 0 Å². The topological polar surface area (TPSA) is 23.4 Å². The van der Waals surface area contributed by atoms with E-state index in [4.69, 9.17) is 9.47 Å². The lowest BCUT2D eigenvalue weighted by atomic mass is 10.2. The summed E-state index contributed by atoms with van der Waals surface area (Å²) < 4.78 is 12.8. The molecule has 0 aliphatic heterocycles. The fraction of sp³-hybridized carbons (Fsp3) is 0.125. The molecule has 1 aromatic heterocycles. The van der Waals surface area contributed by atoms with Crippen LogP contribution in [0, 0.1) is 0 Å². The van der Waals surface area contributed by atoms with E-state index in [9.17, 15) is 0 Å². The van der Waals surface area contributed by atoms with E-state index in [1.807, 2.05) is 30.3 Å². The molecule has 0 radical (unpaired) electrons. The summed E-state index contributed by atoms with van der Waals surface area (Å²) in [6.07, 6.45) is 2.05. The molecular weight excluding hydrogens is 238 g/mol. The van der Waals surface area contributed by atoms with Gasteiger partial charge in [-0.1, -0.05) is 18.2 Å². The van der Waals surface area contributed by atoms with E-state index < -0.39 is 0 Å². The summed E-state index contributed by atoms with van der Waals surface area (Å²) in [5.74, 6) is 1.49. The predicted molar refractivity (Wildman–Crippen MR) is 76.4 cm³/mol.